The molecule has 2 aromatic carbocycles. The maximum Gasteiger partial charge on any atom is 0.258 e. The number of carbonyl (C=O) groups is 1. The third-order valence-corrected chi connectivity index (χ3v) is 4.54. The predicted molar refractivity (Wildman–Crippen MR) is 99.9 cm³/mol. The number of fused-ring (bicyclic) bond motifs is 1. The number of pyridine rings is 1. The number of benzene rings is 2. The molecule has 1 aliphatic heterocycles. The number of halogens is 1. The van der Waals surface area contributed by atoms with Crippen LogP contribution in [-0.4, -0.2) is 22.9 Å². The minimum atomic E-state index is -0.425. The maximum absolute atomic E-state index is 13.2. The van der Waals surface area contributed by atoms with Crippen LogP contribution in [0, 0.1) is 5.82 Å². The highest BCUT2D eigenvalue weighted by Crippen LogP contribution is 2.34. The third kappa shape index (κ3) is 3.33. The molecule has 1 N–H and O–H groups in total. The molecule has 1 aliphatic rings. The molecule has 0 aliphatic carbocycles. The summed E-state index contributed by atoms with van der Waals surface area (Å²) in [7, 11) is 1.61. The SMILES string of the molecule is COc1cccc(N[C@@H]2c3ncccc3C(=O)N2Cc2ccc(F)cc2)c1. The van der Waals surface area contributed by atoms with Crippen molar-refractivity contribution in [3.63, 3.8) is 0 Å². The van der Waals surface area contributed by atoms with Crippen molar-refractivity contribution < 1.29 is 13.9 Å². The molecule has 0 bridgehead atoms. The standard InChI is InChI=1S/C21H18FN3O2/c1-27-17-5-2-4-16(12-17)24-20-19-18(6-3-11-23-19)21(26)25(20)13-14-7-9-15(22)10-8-14/h2-12,20,24H,13H2,1H3/t20-/m0/s1. The van der Waals surface area contributed by atoms with Gasteiger partial charge in [0.25, 0.3) is 5.91 Å². The number of nitrogens with one attached hydrogen (secondary N) is 1. The Bertz CT molecular complexity index is 975. The van der Waals surface area contributed by atoms with Gasteiger partial charge >= 0.3 is 0 Å². The third-order valence-electron chi connectivity index (χ3n) is 4.54. The number of carbonyl (C=O) groups excluding carboxylic acids is 1. The Hall–Kier alpha value is -3.41. The van der Waals surface area contributed by atoms with Gasteiger partial charge in [-0.15, -0.1) is 0 Å². The number of nitrogens with zero attached hydrogens (tertiary/aromatic N) is 2. The molecule has 0 fully saturated rings. The van der Waals surface area contributed by atoms with Crippen molar-refractivity contribution in [3.05, 3.63) is 89.5 Å². The van der Waals surface area contributed by atoms with E-state index in [4.69, 9.17) is 4.74 Å². The van der Waals surface area contributed by atoms with E-state index in [9.17, 15) is 9.18 Å². The van der Waals surface area contributed by atoms with Crippen molar-refractivity contribution in [2.24, 2.45) is 0 Å². The number of rotatable bonds is 5. The van der Waals surface area contributed by atoms with Crippen LogP contribution >= 0.6 is 0 Å². The molecule has 5 nitrogen and oxygen atoms in total. The van der Waals surface area contributed by atoms with E-state index in [1.54, 1.807) is 42.5 Å². The van der Waals surface area contributed by atoms with E-state index in [0.29, 0.717) is 17.8 Å². The Morgan fingerprint density at radius 1 is 1.15 bits per heavy atom. The minimum Gasteiger partial charge on any atom is -0.497 e. The predicted octanol–water partition coefficient (Wildman–Crippen LogP) is 4.00. The summed E-state index contributed by atoms with van der Waals surface area (Å²) in [5, 5.41) is 3.37. The summed E-state index contributed by atoms with van der Waals surface area (Å²) in [6.45, 7) is 0.344. The highest BCUT2D eigenvalue weighted by Gasteiger charge is 2.37. The summed E-state index contributed by atoms with van der Waals surface area (Å²) in [5.41, 5.74) is 2.90. The Morgan fingerprint density at radius 3 is 2.74 bits per heavy atom. The fourth-order valence-electron chi connectivity index (χ4n) is 3.20. The number of ether oxygens (including phenoxy) is 1. The van der Waals surface area contributed by atoms with Crippen molar-refractivity contribution in [1.82, 2.24) is 9.88 Å². The average molecular weight is 363 g/mol. The first kappa shape index (κ1) is 17.0. The highest BCUT2D eigenvalue weighted by atomic mass is 19.1. The lowest BCUT2D eigenvalue weighted by Gasteiger charge is -2.26. The van der Waals surface area contributed by atoms with Crippen LogP contribution in [0.25, 0.3) is 0 Å². The zero-order chi connectivity index (χ0) is 18.8. The highest BCUT2D eigenvalue weighted by molar-refractivity contribution is 5.98. The fraction of sp³-hybridized carbons (Fsp3) is 0.143. The molecule has 0 unspecified atom stereocenters. The van der Waals surface area contributed by atoms with E-state index < -0.39 is 6.17 Å². The van der Waals surface area contributed by atoms with E-state index in [1.165, 1.54) is 12.1 Å². The lowest BCUT2D eigenvalue weighted by molar-refractivity contribution is 0.0728. The molecule has 3 aromatic rings. The van der Waals surface area contributed by atoms with Gasteiger partial charge in [-0.1, -0.05) is 18.2 Å². The van der Waals surface area contributed by atoms with Crippen LogP contribution in [0.3, 0.4) is 0 Å². The smallest absolute Gasteiger partial charge is 0.258 e. The maximum atomic E-state index is 13.2. The molecule has 0 radical (unpaired) electrons. The van der Waals surface area contributed by atoms with E-state index in [1.807, 2.05) is 24.3 Å². The van der Waals surface area contributed by atoms with E-state index in [0.717, 1.165) is 17.0 Å². The van der Waals surface area contributed by atoms with Gasteiger partial charge in [-0.2, -0.15) is 0 Å². The molecule has 136 valence electrons. The quantitative estimate of drug-likeness (QED) is 0.745. The molecule has 4 rings (SSSR count). The van der Waals surface area contributed by atoms with Crippen LogP contribution in [0.2, 0.25) is 0 Å². The number of aromatic nitrogens is 1. The van der Waals surface area contributed by atoms with Gasteiger partial charge in [-0.05, 0) is 42.0 Å². The van der Waals surface area contributed by atoms with Crippen LogP contribution in [0.5, 0.6) is 5.75 Å². The molecular weight excluding hydrogens is 345 g/mol. The van der Waals surface area contributed by atoms with Crippen LogP contribution < -0.4 is 10.1 Å². The second-order valence-corrected chi connectivity index (χ2v) is 6.27. The lowest BCUT2D eigenvalue weighted by Crippen LogP contribution is -2.32. The van der Waals surface area contributed by atoms with Gasteiger partial charge in [0.1, 0.15) is 17.7 Å². The molecule has 27 heavy (non-hydrogen) atoms. The Labute approximate surface area is 156 Å². The summed E-state index contributed by atoms with van der Waals surface area (Å²) >= 11 is 0. The average Bonchev–Trinajstić information content (AvgIpc) is 2.96. The first-order chi connectivity index (χ1) is 13.2. The summed E-state index contributed by atoms with van der Waals surface area (Å²) in [6.07, 6.45) is 1.25. The Morgan fingerprint density at radius 2 is 1.96 bits per heavy atom. The second-order valence-electron chi connectivity index (χ2n) is 6.27. The van der Waals surface area contributed by atoms with Gasteiger partial charge in [0.2, 0.25) is 0 Å². The molecule has 0 spiro atoms. The van der Waals surface area contributed by atoms with Gasteiger partial charge in [0.15, 0.2) is 0 Å². The number of amides is 1. The van der Waals surface area contributed by atoms with Crippen LogP contribution in [0.1, 0.15) is 27.8 Å². The summed E-state index contributed by atoms with van der Waals surface area (Å²) in [5.74, 6) is 0.306. The van der Waals surface area contributed by atoms with Crippen molar-refractivity contribution in [3.8, 4) is 5.75 Å². The van der Waals surface area contributed by atoms with Crippen molar-refractivity contribution in [1.29, 1.82) is 0 Å². The number of hydrogen-bond acceptors (Lipinski definition) is 4. The number of methoxy groups -OCH3 is 1. The Balaban J connectivity index is 1.67. The zero-order valence-electron chi connectivity index (χ0n) is 14.7. The summed E-state index contributed by atoms with van der Waals surface area (Å²) in [6, 6.07) is 17.2. The van der Waals surface area contributed by atoms with E-state index in [2.05, 4.69) is 10.3 Å². The molecule has 1 amide bonds. The second kappa shape index (κ2) is 7.07. The van der Waals surface area contributed by atoms with Crippen molar-refractivity contribution in [2.45, 2.75) is 12.7 Å². The molecule has 0 saturated carbocycles. The monoisotopic (exact) mass is 363 g/mol. The Kier molecular flexibility index (Phi) is 4.46. The van der Waals surface area contributed by atoms with Gasteiger partial charge in [0, 0.05) is 24.5 Å². The van der Waals surface area contributed by atoms with Crippen LogP contribution in [-0.2, 0) is 6.54 Å². The van der Waals surface area contributed by atoms with Gasteiger partial charge in [0.05, 0.1) is 18.4 Å². The van der Waals surface area contributed by atoms with E-state index in [-0.39, 0.29) is 11.7 Å². The fourth-order valence-corrected chi connectivity index (χ4v) is 3.20. The van der Waals surface area contributed by atoms with E-state index >= 15 is 0 Å². The molecule has 0 saturated heterocycles. The molecule has 1 aromatic heterocycles. The first-order valence-corrected chi connectivity index (χ1v) is 8.56. The number of anilines is 1. The lowest BCUT2D eigenvalue weighted by atomic mass is 10.2. The van der Waals surface area contributed by atoms with Crippen LogP contribution in [0.15, 0.2) is 66.9 Å². The molecule has 6 heteroatoms. The minimum absolute atomic E-state index is 0.108. The molecular formula is C21H18FN3O2. The zero-order valence-corrected chi connectivity index (χ0v) is 14.7. The molecule has 1 atom stereocenters. The summed E-state index contributed by atoms with van der Waals surface area (Å²) < 4.78 is 18.5. The van der Waals surface area contributed by atoms with Crippen molar-refractivity contribution in [2.75, 3.05) is 12.4 Å². The topological polar surface area (TPSA) is 54.5 Å². The number of hydrogen-bond donors (Lipinski definition) is 1. The van der Waals surface area contributed by atoms with Crippen LogP contribution in [0.4, 0.5) is 10.1 Å². The molecule has 2 heterocycles. The summed E-state index contributed by atoms with van der Waals surface area (Å²) in [4.78, 5) is 19.1. The van der Waals surface area contributed by atoms with Gasteiger partial charge in [-0.25, -0.2) is 4.39 Å². The normalized spacial score (nSPS) is 15.6. The largest absolute Gasteiger partial charge is 0.497 e. The van der Waals surface area contributed by atoms with Crippen molar-refractivity contribution >= 4 is 11.6 Å². The van der Waals surface area contributed by atoms with Gasteiger partial charge in [-0.3, -0.25) is 9.78 Å². The first-order valence-electron chi connectivity index (χ1n) is 8.56. The van der Waals surface area contributed by atoms with Gasteiger partial charge < -0.3 is 15.0 Å².